The van der Waals surface area contributed by atoms with Gasteiger partial charge in [0.05, 0.1) is 11.3 Å². The van der Waals surface area contributed by atoms with Gasteiger partial charge in [0.2, 0.25) is 0 Å². The van der Waals surface area contributed by atoms with Crippen LogP contribution >= 0.6 is 0 Å². The molecule has 2 aromatic carbocycles. The number of hydrogen-bond donors (Lipinski definition) is 3. The van der Waals surface area contributed by atoms with Crippen LogP contribution in [0.15, 0.2) is 64.1 Å². The fourth-order valence-corrected chi connectivity index (χ4v) is 3.71. The van der Waals surface area contributed by atoms with Crippen molar-refractivity contribution in [2.45, 2.75) is 26.2 Å². The first-order valence-electron chi connectivity index (χ1n) is 10.9. The Morgan fingerprint density at radius 3 is 2.51 bits per heavy atom. The highest BCUT2D eigenvalue weighted by Crippen LogP contribution is 2.29. The number of carbonyl (C=O) groups excluding carboxylic acids is 3. The molecule has 10 heteroatoms. The van der Waals surface area contributed by atoms with Crippen LogP contribution in [-0.4, -0.2) is 30.0 Å². The van der Waals surface area contributed by atoms with E-state index < -0.39 is 23.5 Å². The van der Waals surface area contributed by atoms with Crippen LogP contribution in [0.2, 0.25) is 0 Å². The van der Waals surface area contributed by atoms with Gasteiger partial charge in [-0.25, -0.2) is 9.82 Å². The Bertz CT molecular complexity index is 1290. The number of aryl methyl sites for hydroxylation is 1. The molecule has 0 atom stereocenters. The predicted molar refractivity (Wildman–Crippen MR) is 124 cm³/mol. The molecule has 180 valence electrons. The minimum absolute atomic E-state index is 0.0225. The fourth-order valence-electron chi connectivity index (χ4n) is 3.71. The smallest absolute Gasteiger partial charge is 0.305 e. The van der Waals surface area contributed by atoms with Gasteiger partial charge in [0, 0.05) is 17.5 Å². The maximum absolute atomic E-state index is 13.9. The first kappa shape index (κ1) is 23.7. The van der Waals surface area contributed by atoms with Crippen molar-refractivity contribution >= 4 is 23.4 Å². The number of furan rings is 1. The Hall–Kier alpha value is -4.47. The normalized spacial score (nSPS) is 13.6. The van der Waals surface area contributed by atoms with Crippen LogP contribution < -0.4 is 21.0 Å². The second kappa shape index (κ2) is 10.6. The van der Waals surface area contributed by atoms with Crippen molar-refractivity contribution in [3.63, 3.8) is 0 Å². The molecule has 0 saturated carbocycles. The average molecular weight is 478 g/mol. The van der Waals surface area contributed by atoms with E-state index in [4.69, 9.17) is 9.15 Å². The fraction of sp³-hybridized carbons (Fsp3) is 0.200. The Balaban J connectivity index is 1.40. The van der Waals surface area contributed by atoms with Crippen molar-refractivity contribution in [1.82, 2.24) is 16.3 Å². The van der Waals surface area contributed by atoms with Gasteiger partial charge in [-0.1, -0.05) is 30.3 Å². The highest BCUT2D eigenvalue weighted by molar-refractivity contribution is 6.07. The van der Waals surface area contributed by atoms with Crippen LogP contribution in [0.1, 0.15) is 50.6 Å². The number of para-hydroxylation sites is 1. The average Bonchev–Trinajstić information content (AvgIpc) is 3.22. The Morgan fingerprint density at radius 2 is 1.74 bits per heavy atom. The zero-order valence-corrected chi connectivity index (χ0v) is 18.9. The summed E-state index contributed by atoms with van der Waals surface area (Å²) in [5.74, 6) is -1.41. The molecule has 0 fully saturated rings. The quantitative estimate of drug-likeness (QED) is 0.470. The third-order valence-corrected chi connectivity index (χ3v) is 5.37. The van der Waals surface area contributed by atoms with E-state index in [1.54, 1.807) is 37.3 Å². The van der Waals surface area contributed by atoms with Crippen molar-refractivity contribution in [2.75, 3.05) is 6.61 Å². The lowest BCUT2D eigenvalue weighted by molar-refractivity contribution is -0.123. The van der Waals surface area contributed by atoms with Gasteiger partial charge in [0.1, 0.15) is 17.3 Å². The standard InChI is InChI=1S/C25H23FN4O5/c1-15-22-19(27-29-24(32)17-10-5-6-11-18(17)26)12-7-13-20(22)35-23(15)25(33)30-28-21(31)14-34-16-8-3-2-4-9-16/h2-6,8-11H,7,12-14H2,1H3,(H,28,31)(H,29,32)(H,30,33)/b27-19+. The van der Waals surface area contributed by atoms with Crippen molar-refractivity contribution < 1.29 is 27.9 Å². The van der Waals surface area contributed by atoms with Crippen LogP contribution in [0, 0.1) is 12.7 Å². The largest absolute Gasteiger partial charge is 0.484 e. The van der Waals surface area contributed by atoms with Gasteiger partial charge >= 0.3 is 5.91 Å². The number of amides is 3. The van der Waals surface area contributed by atoms with Gasteiger partial charge in [-0.3, -0.25) is 25.2 Å². The number of rotatable bonds is 6. The Morgan fingerprint density at radius 1 is 1.00 bits per heavy atom. The summed E-state index contributed by atoms with van der Waals surface area (Å²) in [6.07, 6.45) is 1.82. The van der Waals surface area contributed by atoms with E-state index in [9.17, 15) is 18.8 Å². The molecule has 1 aliphatic rings. The molecule has 3 N–H and O–H groups in total. The van der Waals surface area contributed by atoms with Gasteiger partial charge in [0.15, 0.2) is 12.4 Å². The first-order chi connectivity index (χ1) is 16.9. The molecule has 3 amide bonds. The van der Waals surface area contributed by atoms with Crippen LogP contribution in [0.3, 0.4) is 0 Å². The lowest BCUT2D eigenvalue weighted by Crippen LogP contribution is -2.43. The first-order valence-corrected chi connectivity index (χ1v) is 10.9. The molecule has 0 unspecified atom stereocenters. The SMILES string of the molecule is Cc1c(C(=O)NNC(=O)COc2ccccc2)oc2c1/C(=N/NC(=O)c1ccccc1F)CCC2. The summed E-state index contributed by atoms with van der Waals surface area (Å²) in [7, 11) is 0. The van der Waals surface area contributed by atoms with E-state index >= 15 is 0 Å². The summed E-state index contributed by atoms with van der Waals surface area (Å²) in [4.78, 5) is 37.0. The van der Waals surface area contributed by atoms with Crippen LogP contribution in [0.25, 0.3) is 0 Å². The molecule has 4 rings (SSSR count). The summed E-state index contributed by atoms with van der Waals surface area (Å²) < 4.78 is 24.9. The van der Waals surface area contributed by atoms with Gasteiger partial charge < -0.3 is 9.15 Å². The number of hydrazone groups is 1. The second-order valence-corrected chi connectivity index (χ2v) is 7.79. The summed E-state index contributed by atoms with van der Waals surface area (Å²) in [5, 5.41) is 4.18. The number of hydrogen-bond acceptors (Lipinski definition) is 6. The number of fused-ring (bicyclic) bond motifs is 1. The zero-order valence-electron chi connectivity index (χ0n) is 18.9. The van der Waals surface area contributed by atoms with Crippen LogP contribution in [-0.2, 0) is 11.2 Å². The summed E-state index contributed by atoms with van der Waals surface area (Å²) in [6, 6.07) is 14.4. The summed E-state index contributed by atoms with van der Waals surface area (Å²) >= 11 is 0. The third-order valence-electron chi connectivity index (χ3n) is 5.37. The van der Waals surface area contributed by atoms with E-state index in [2.05, 4.69) is 21.4 Å². The van der Waals surface area contributed by atoms with Crippen LogP contribution in [0.4, 0.5) is 4.39 Å². The molecule has 0 saturated heterocycles. The third kappa shape index (κ3) is 5.55. The number of carbonyl (C=O) groups is 3. The molecule has 0 radical (unpaired) electrons. The number of benzene rings is 2. The van der Waals surface area contributed by atoms with Gasteiger partial charge in [-0.2, -0.15) is 5.10 Å². The number of hydrazine groups is 1. The van der Waals surface area contributed by atoms with E-state index in [-0.39, 0.29) is 17.9 Å². The summed E-state index contributed by atoms with van der Waals surface area (Å²) in [5.41, 5.74) is 8.52. The molecule has 1 aliphatic carbocycles. The van der Waals surface area contributed by atoms with Gasteiger partial charge in [-0.05, 0) is 44.0 Å². The second-order valence-electron chi connectivity index (χ2n) is 7.79. The van der Waals surface area contributed by atoms with Crippen molar-refractivity contribution in [1.29, 1.82) is 0 Å². The van der Waals surface area contributed by atoms with Crippen LogP contribution in [0.5, 0.6) is 5.75 Å². The molecule has 0 bridgehead atoms. The minimum Gasteiger partial charge on any atom is -0.484 e. The maximum atomic E-state index is 13.9. The molecule has 9 nitrogen and oxygen atoms in total. The molecular weight excluding hydrogens is 455 g/mol. The molecule has 1 heterocycles. The van der Waals surface area contributed by atoms with Gasteiger partial charge in [-0.15, -0.1) is 0 Å². The monoisotopic (exact) mass is 478 g/mol. The zero-order chi connectivity index (χ0) is 24.8. The maximum Gasteiger partial charge on any atom is 0.305 e. The summed E-state index contributed by atoms with van der Waals surface area (Å²) in [6.45, 7) is 1.41. The van der Waals surface area contributed by atoms with Crippen molar-refractivity contribution in [3.8, 4) is 5.75 Å². The molecule has 1 aromatic heterocycles. The number of nitrogens with one attached hydrogen (secondary N) is 3. The lowest BCUT2D eigenvalue weighted by atomic mass is 9.93. The van der Waals surface area contributed by atoms with Gasteiger partial charge in [0.25, 0.3) is 11.8 Å². The Kier molecular flexibility index (Phi) is 7.20. The lowest BCUT2D eigenvalue weighted by Gasteiger charge is -2.13. The number of halogens is 1. The Labute approximate surface area is 200 Å². The van der Waals surface area contributed by atoms with Crippen molar-refractivity contribution in [2.24, 2.45) is 5.10 Å². The highest BCUT2D eigenvalue weighted by atomic mass is 19.1. The molecule has 0 aliphatic heterocycles. The van der Waals surface area contributed by atoms with E-state index in [0.29, 0.717) is 47.6 Å². The predicted octanol–water partition coefficient (Wildman–Crippen LogP) is 3.04. The molecule has 35 heavy (non-hydrogen) atoms. The number of ether oxygens (including phenoxy) is 1. The number of nitrogens with zero attached hydrogens (tertiary/aromatic N) is 1. The topological polar surface area (TPSA) is 122 Å². The van der Waals surface area contributed by atoms with E-state index in [1.165, 1.54) is 18.2 Å². The molecule has 3 aromatic rings. The molecular formula is C25H23FN4O5. The van der Waals surface area contributed by atoms with E-state index in [0.717, 1.165) is 0 Å². The van der Waals surface area contributed by atoms with Crippen molar-refractivity contribution in [3.05, 3.63) is 88.6 Å². The molecule has 0 spiro atoms. The van der Waals surface area contributed by atoms with E-state index in [1.807, 2.05) is 6.07 Å². The minimum atomic E-state index is -0.678. The highest BCUT2D eigenvalue weighted by Gasteiger charge is 2.28.